The number of carbonyl (C=O) groups excluding carboxylic acids is 1. The number of rotatable bonds is 6. The van der Waals surface area contributed by atoms with Crippen molar-refractivity contribution < 1.29 is 14.3 Å². The predicted octanol–water partition coefficient (Wildman–Crippen LogP) is 6.50. The molecule has 5 aliphatic rings. The van der Waals surface area contributed by atoms with Gasteiger partial charge in [0.05, 0.1) is 18.6 Å². The second kappa shape index (κ2) is 7.47. The van der Waals surface area contributed by atoms with Gasteiger partial charge in [-0.05, 0) is 111 Å². The minimum atomic E-state index is -0.00795. The third kappa shape index (κ3) is 2.90. The number of esters is 1. The van der Waals surface area contributed by atoms with Gasteiger partial charge >= 0.3 is 5.97 Å². The topological polar surface area (TPSA) is 35.5 Å². The third-order valence-corrected chi connectivity index (χ3v) is 12.0. The molecule has 0 saturated heterocycles. The lowest BCUT2D eigenvalue weighted by Gasteiger charge is -2.61. The smallest absolute Gasteiger partial charge is 0.308 e. The summed E-state index contributed by atoms with van der Waals surface area (Å²) in [5.74, 6) is 4.91. The fourth-order valence-corrected chi connectivity index (χ4v) is 10.7. The van der Waals surface area contributed by atoms with E-state index in [-0.39, 0.29) is 11.9 Å². The van der Waals surface area contributed by atoms with Crippen LogP contribution < -0.4 is 0 Å². The molecule has 2 unspecified atom stereocenters. The summed E-state index contributed by atoms with van der Waals surface area (Å²) in [6.45, 7) is 12.2. The fraction of sp³-hybridized carbons (Fsp3) is 0.964. The van der Waals surface area contributed by atoms with Crippen LogP contribution in [0.4, 0.5) is 0 Å². The highest BCUT2D eigenvalue weighted by atomic mass is 16.5. The van der Waals surface area contributed by atoms with E-state index in [1.165, 1.54) is 51.4 Å². The molecule has 0 aromatic heterocycles. The zero-order valence-electron chi connectivity index (χ0n) is 20.9. The summed E-state index contributed by atoms with van der Waals surface area (Å²) in [6.07, 6.45) is 12.7. The molecule has 0 heterocycles. The number of fused-ring (bicyclic) bond motifs is 4. The third-order valence-electron chi connectivity index (χ3n) is 12.0. The summed E-state index contributed by atoms with van der Waals surface area (Å²) in [7, 11) is 1.99. The molecular weight excluding hydrogens is 384 g/mol. The van der Waals surface area contributed by atoms with Crippen molar-refractivity contribution >= 4 is 5.97 Å². The SMILES string of the molecule is CCOC(=O)[C@@H](C)C[C@@H](C)[C@H]1CC[C@H]2[C@@H]3CC(OC)C45C[C@H]4CC[C@]5(C)[C@H]3CC[C@]12C. The normalized spacial score (nSPS) is 51.8. The van der Waals surface area contributed by atoms with E-state index in [9.17, 15) is 4.79 Å². The van der Waals surface area contributed by atoms with Gasteiger partial charge in [-0.15, -0.1) is 0 Å². The van der Waals surface area contributed by atoms with Gasteiger partial charge in [-0.25, -0.2) is 0 Å². The molecular formula is C28H46O3. The lowest BCUT2D eigenvalue weighted by atomic mass is 9.45. The van der Waals surface area contributed by atoms with E-state index in [0.717, 1.165) is 36.0 Å². The summed E-state index contributed by atoms with van der Waals surface area (Å²) in [6, 6.07) is 0. The minimum absolute atomic E-state index is 0.00795. The largest absolute Gasteiger partial charge is 0.466 e. The van der Waals surface area contributed by atoms with Crippen molar-refractivity contribution in [2.45, 2.75) is 98.5 Å². The summed E-state index contributed by atoms with van der Waals surface area (Å²) in [4.78, 5) is 12.3. The van der Waals surface area contributed by atoms with E-state index >= 15 is 0 Å². The average molecular weight is 431 g/mol. The van der Waals surface area contributed by atoms with Gasteiger partial charge in [-0.1, -0.05) is 27.7 Å². The van der Waals surface area contributed by atoms with Crippen molar-refractivity contribution in [2.24, 2.45) is 57.7 Å². The van der Waals surface area contributed by atoms with Crippen molar-refractivity contribution in [3.63, 3.8) is 0 Å². The molecule has 0 aliphatic heterocycles. The van der Waals surface area contributed by atoms with Crippen LogP contribution in [0.15, 0.2) is 0 Å². The molecule has 5 fully saturated rings. The Labute approximate surface area is 190 Å². The number of hydrogen-bond acceptors (Lipinski definition) is 3. The van der Waals surface area contributed by atoms with Crippen LogP contribution in [0.5, 0.6) is 0 Å². The van der Waals surface area contributed by atoms with Gasteiger partial charge in [0.1, 0.15) is 0 Å². The highest BCUT2D eigenvalue weighted by molar-refractivity contribution is 5.71. The van der Waals surface area contributed by atoms with Crippen molar-refractivity contribution in [1.82, 2.24) is 0 Å². The number of methoxy groups -OCH3 is 1. The Morgan fingerprint density at radius 2 is 1.84 bits per heavy atom. The molecule has 5 aliphatic carbocycles. The zero-order valence-corrected chi connectivity index (χ0v) is 20.9. The molecule has 1 spiro atoms. The van der Waals surface area contributed by atoms with Gasteiger partial charge in [0.25, 0.3) is 0 Å². The van der Waals surface area contributed by atoms with Crippen LogP contribution in [0.2, 0.25) is 0 Å². The fourth-order valence-electron chi connectivity index (χ4n) is 10.7. The van der Waals surface area contributed by atoms with Crippen molar-refractivity contribution in [1.29, 1.82) is 0 Å². The maximum absolute atomic E-state index is 12.3. The zero-order chi connectivity index (χ0) is 22.2. The first-order chi connectivity index (χ1) is 14.7. The van der Waals surface area contributed by atoms with E-state index < -0.39 is 0 Å². The van der Waals surface area contributed by atoms with Crippen LogP contribution in [0.1, 0.15) is 92.4 Å². The Hall–Kier alpha value is -0.570. The van der Waals surface area contributed by atoms with E-state index in [0.29, 0.717) is 34.9 Å². The summed E-state index contributed by atoms with van der Waals surface area (Å²) >= 11 is 0. The Morgan fingerprint density at radius 1 is 1.06 bits per heavy atom. The number of hydrogen-bond donors (Lipinski definition) is 0. The van der Waals surface area contributed by atoms with Crippen LogP contribution in [-0.4, -0.2) is 25.8 Å². The molecule has 0 bridgehead atoms. The van der Waals surface area contributed by atoms with Crippen LogP contribution in [0, 0.1) is 57.7 Å². The van der Waals surface area contributed by atoms with Crippen LogP contribution in [0.3, 0.4) is 0 Å². The molecule has 0 N–H and O–H groups in total. The first-order valence-electron chi connectivity index (χ1n) is 13.4. The van der Waals surface area contributed by atoms with Crippen molar-refractivity contribution in [2.75, 3.05) is 13.7 Å². The molecule has 0 aromatic rings. The maximum Gasteiger partial charge on any atom is 0.308 e. The Kier molecular flexibility index (Phi) is 5.36. The van der Waals surface area contributed by atoms with Gasteiger partial charge in [0.2, 0.25) is 0 Å². The number of ether oxygens (including phenoxy) is 2. The van der Waals surface area contributed by atoms with Gasteiger partial charge in [0.15, 0.2) is 0 Å². The quantitative estimate of drug-likeness (QED) is 0.451. The minimum Gasteiger partial charge on any atom is -0.466 e. The molecule has 0 aromatic carbocycles. The van der Waals surface area contributed by atoms with E-state index in [1.807, 2.05) is 14.0 Å². The Bertz CT molecular complexity index is 719. The molecule has 0 amide bonds. The summed E-state index contributed by atoms with van der Waals surface area (Å²) in [5.41, 5.74) is 1.48. The first kappa shape index (κ1) is 22.2. The van der Waals surface area contributed by atoms with Crippen LogP contribution in [-0.2, 0) is 14.3 Å². The molecule has 5 rings (SSSR count). The number of carbonyl (C=O) groups is 1. The Morgan fingerprint density at radius 3 is 2.52 bits per heavy atom. The molecule has 3 heteroatoms. The van der Waals surface area contributed by atoms with Crippen molar-refractivity contribution in [3.05, 3.63) is 0 Å². The maximum atomic E-state index is 12.3. The van der Waals surface area contributed by atoms with Crippen LogP contribution in [0.25, 0.3) is 0 Å². The first-order valence-corrected chi connectivity index (χ1v) is 13.4. The molecule has 11 atom stereocenters. The second-order valence-electron chi connectivity index (χ2n) is 12.8. The van der Waals surface area contributed by atoms with E-state index in [2.05, 4.69) is 27.7 Å². The lowest BCUT2D eigenvalue weighted by molar-refractivity contribution is -0.161. The highest BCUT2D eigenvalue weighted by Gasteiger charge is 2.77. The van der Waals surface area contributed by atoms with Crippen molar-refractivity contribution in [3.8, 4) is 0 Å². The molecule has 176 valence electrons. The van der Waals surface area contributed by atoms with E-state index in [1.54, 1.807) is 0 Å². The van der Waals surface area contributed by atoms with E-state index in [4.69, 9.17) is 9.47 Å². The monoisotopic (exact) mass is 430 g/mol. The lowest BCUT2D eigenvalue weighted by Crippen LogP contribution is -2.57. The summed E-state index contributed by atoms with van der Waals surface area (Å²) < 4.78 is 11.6. The van der Waals surface area contributed by atoms with Gasteiger partial charge in [-0.3, -0.25) is 4.79 Å². The molecule has 31 heavy (non-hydrogen) atoms. The van der Waals surface area contributed by atoms with Gasteiger partial charge in [0, 0.05) is 12.5 Å². The van der Waals surface area contributed by atoms with Gasteiger partial charge < -0.3 is 9.47 Å². The Balaban J connectivity index is 1.35. The average Bonchev–Trinajstić information content (AvgIpc) is 3.24. The predicted molar refractivity (Wildman–Crippen MR) is 123 cm³/mol. The second-order valence-corrected chi connectivity index (χ2v) is 12.8. The molecule has 0 radical (unpaired) electrons. The summed E-state index contributed by atoms with van der Waals surface area (Å²) in [5, 5.41) is 0. The molecule has 5 saturated carbocycles. The highest BCUT2D eigenvalue weighted by Crippen LogP contribution is 2.82. The standard InChI is InChI=1S/C28H46O3/c1-7-31-25(29)18(3)14-17(2)21-8-9-22-20-15-24(30-6)28-16-19(28)10-13-27(28,5)23(20)11-12-26(21,22)4/h17-24H,7-16H2,1-6H3/t17-,18+,19-,20+,21-,22+,23+,24?,26-,27-,28?/m1/s1. The van der Waals surface area contributed by atoms with Crippen LogP contribution >= 0.6 is 0 Å². The van der Waals surface area contributed by atoms with Gasteiger partial charge in [-0.2, -0.15) is 0 Å². The molecule has 3 nitrogen and oxygen atoms in total.